The highest BCUT2D eigenvalue weighted by atomic mass is 32.1. The number of carbonyl (C=O) groups is 1. The molecule has 0 bridgehead atoms. The lowest BCUT2D eigenvalue weighted by molar-refractivity contribution is 0.0945. The van der Waals surface area contributed by atoms with Crippen molar-refractivity contribution in [2.75, 3.05) is 13.6 Å². The zero-order valence-corrected chi connectivity index (χ0v) is 11.7. The quantitative estimate of drug-likeness (QED) is 0.775. The fourth-order valence-corrected chi connectivity index (χ4v) is 2.58. The number of rotatable bonds is 5. The van der Waals surface area contributed by atoms with E-state index in [0.29, 0.717) is 13.1 Å². The van der Waals surface area contributed by atoms with Gasteiger partial charge in [-0.05, 0) is 31.0 Å². The monoisotopic (exact) mass is 263 g/mol. The number of hydrogen-bond donors (Lipinski definition) is 0. The lowest BCUT2D eigenvalue weighted by Crippen LogP contribution is -2.26. The van der Waals surface area contributed by atoms with Crippen molar-refractivity contribution in [3.8, 4) is 0 Å². The second-order valence-electron chi connectivity index (χ2n) is 4.54. The molecule has 96 valence electrons. The smallest absolute Gasteiger partial charge is 0.186 e. The van der Waals surface area contributed by atoms with Crippen LogP contribution in [0.15, 0.2) is 23.8 Å². The number of aromatic nitrogens is 2. The first kappa shape index (κ1) is 13.0. The van der Waals surface area contributed by atoms with Crippen LogP contribution in [0.3, 0.4) is 0 Å². The van der Waals surface area contributed by atoms with Gasteiger partial charge in [0.05, 0.1) is 18.0 Å². The van der Waals surface area contributed by atoms with E-state index in [0.717, 1.165) is 16.3 Å². The first-order valence-corrected chi connectivity index (χ1v) is 6.67. The van der Waals surface area contributed by atoms with Crippen LogP contribution in [0.2, 0.25) is 0 Å². The van der Waals surface area contributed by atoms with E-state index in [1.165, 1.54) is 11.3 Å². The SMILES string of the molecule is Cc1csc(C(=O)CN(C)Cc2nccn2C)c1. The minimum atomic E-state index is 0.171. The zero-order valence-electron chi connectivity index (χ0n) is 10.9. The number of likely N-dealkylation sites (N-methyl/N-ethyl adjacent to an activating group) is 1. The summed E-state index contributed by atoms with van der Waals surface area (Å²) in [6.07, 6.45) is 3.68. The van der Waals surface area contributed by atoms with Gasteiger partial charge in [0, 0.05) is 19.4 Å². The minimum Gasteiger partial charge on any atom is -0.337 e. The molecule has 0 fully saturated rings. The molecular formula is C13H17N3OS. The van der Waals surface area contributed by atoms with E-state index in [-0.39, 0.29) is 5.78 Å². The van der Waals surface area contributed by atoms with Crippen LogP contribution in [0.5, 0.6) is 0 Å². The molecule has 0 amide bonds. The van der Waals surface area contributed by atoms with Gasteiger partial charge in [-0.3, -0.25) is 9.69 Å². The molecule has 0 aliphatic rings. The summed E-state index contributed by atoms with van der Waals surface area (Å²) in [6.45, 7) is 3.11. The van der Waals surface area contributed by atoms with E-state index in [1.54, 1.807) is 6.20 Å². The molecule has 2 aromatic heterocycles. The van der Waals surface area contributed by atoms with Crippen LogP contribution in [0, 0.1) is 6.92 Å². The second-order valence-corrected chi connectivity index (χ2v) is 5.45. The molecule has 0 spiro atoms. The summed E-state index contributed by atoms with van der Waals surface area (Å²) < 4.78 is 1.97. The summed E-state index contributed by atoms with van der Waals surface area (Å²) in [5, 5.41) is 2.01. The number of imidazole rings is 1. The van der Waals surface area contributed by atoms with Crippen molar-refractivity contribution in [1.29, 1.82) is 0 Å². The Morgan fingerprint density at radius 3 is 2.89 bits per heavy atom. The van der Waals surface area contributed by atoms with Crippen molar-refractivity contribution < 1.29 is 4.79 Å². The number of hydrogen-bond acceptors (Lipinski definition) is 4. The van der Waals surface area contributed by atoms with E-state index in [2.05, 4.69) is 4.98 Å². The number of nitrogens with zero attached hydrogens (tertiary/aromatic N) is 3. The molecule has 0 N–H and O–H groups in total. The average molecular weight is 263 g/mol. The van der Waals surface area contributed by atoms with E-state index in [9.17, 15) is 4.79 Å². The Kier molecular flexibility index (Phi) is 3.93. The molecule has 4 nitrogen and oxygen atoms in total. The molecule has 2 rings (SSSR count). The molecule has 0 atom stereocenters. The van der Waals surface area contributed by atoms with Gasteiger partial charge in [-0.25, -0.2) is 4.98 Å². The summed E-state index contributed by atoms with van der Waals surface area (Å²) in [5.74, 6) is 1.14. The minimum absolute atomic E-state index is 0.171. The molecule has 0 radical (unpaired) electrons. The largest absolute Gasteiger partial charge is 0.337 e. The highest BCUT2D eigenvalue weighted by Crippen LogP contribution is 2.14. The molecular weight excluding hydrogens is 246 g/mol. The van der Waals surface area contributed by atoms with Gasteiger partial charge in [-0.15, -0.1) is 11.3 Å². The first-order valence-electron chi connectivity index (χ1n) is 5.79. The number of aryl methyl sites for hydroxylation is 2. The van der Waals surface area contributed by atoms with E-state index in [4.69, 9.17) is 0 Å². The van der Waals surface area contributed by atoms with Crippen molar-refractivity contribution in [3.05, 3.63) is 40.1 Å². The van der Waals surface area contributed by atoms with Gasteiger partial charge in [0.15, 0.2) is 5.78 Å². The Balaban J connectivity index is 1.93. The standard InChI is InChI=1S/C13H17N3OS/c1-10-6-12(18-9-10)11(17)7-15(2)8-13-14-4-5-16(13)3/h4-6,9H,7-8H2,1-3H3. The fourth-order valence-electron chi connectivity index (χ4n) is 1.75. The molecule has 18 heavy (non-hydrogen) atoms. The van der Waals surface area contributed by atoms with Crippen molar-refractivity contribution in [2.45, 2.75) is 13.5 Å². The maximum Gasteiger partial charge on any atom is 0.186 e. The topological polar surface area (TPSA) is 38.1 Å². The molecule has 0 saturated carbocycles. The van der Waals surface area contributed by atoms with Gasteiger partial charge < -0.3 is 4.57 Å². The third-order valence-corrected chi connectivity index (χ3v) is 3.84. The Morgan fingerprint density at radius 1 is 1.56 bits per heavy atom. The fraction of sp³-hybridized carbons (Fsp3) is 0.385. The van der Waals surface area contributed by atoms with Crippen molar-refractivity contribution in [1.82, 2.24) is 14.5 Å². The molecule has 0 aliphatic carbocycles. The molecule has 5 heteroatoms. The second kappa shape index (κ2) is 5.46. The molecule has 0 saturated heterocycles. The zero-order chi connectivity index (χ0) is 13.1. The van der Waals surface area contributed by atoms with Crippen molar-refractivity contribution >= 4 is 17.1 Å². The maximum absolute atomic E-state index is 12.0. The Hall–Kier alpha value is -1.46. The van der Waals surface area contributed by atoms with Crippen molar-refractivity contribution in [3.63, 3.8) is 0 Å². The summed E-state index contributed by atoms with van der Waals surface area (Å²) in [7, 11) is 3.90. The summed E-state index contributed by atoms with van der Waals surface area (Å²) in [4.78, 5) is 19.1. The van der Waals surface area contributed by atoms with Crippen LogP contribution in [-0.2, 0) is 13.6 Å². The predicted octanol–water partition coefficient (Wildman–Crippen LogP) is 2.10. The number of Topliss-reactive ketones (excluding diaryl/α,β-unsaturated/α-hetero) is 1. The predicted molar refractivity (Wildman–Crippen MR) is 72.9 cm³/mol. The van der Waals surface area contributed by atoms with Gasteiger partial charge >= 0.3 is 0 Å². The van der Waals surface area contributed by atoms with Crippen LogP contribution < -0.4 is 0 Å². The maximum atomic E-state index is 12.0. The highest BCUT2D eigenvalue weighted by Gasteiger charge is 2.12. The molecule has 0 aliphatic heterocycles. The average Bonchev–Trinajstić information content (AvgIpc) is 2.89. The summed E-state index contributed by atoms with van der Waals surface area (Å²) in [6, 6.07) is 1.95. The third kappa shape index (κ3) is 3.05. The van der Waals surface area contributed by atoms with E-state index < -0.39 is 0 Å². The Bertz CT molecular complexity index is 544. The Labute approximate surface area is 111 Å². The number of thiophene rings is 1. The van der Waals surface area contributed by atoms with Gasteiger partial charge in [0.1, 0.15) is 5.82 Å². The normalized spacial score (nSPS) is 11.1. The summed E-state index contributed by atoms with van der Waals surface area (Å²) in [5.41, 5.74) is 1.15. The molecule has 2 aromatic rings. The highest BCUT2D eigenvalue weighted by molar-refractivity contribution is 7.12. The van der Waals surface area contributed by atoms with E-state index in [1.807, 2.05) is 48.1 Å². The molecule has 0 aromatic carbocycles. The van der Waals surface area contributed by atoms with Gasteiger partial charge in [-0.2, -0.15) is 0 Å². The van der Waals surface area contributed by atoms with Gasteiger partial charge in [0.25, 0.3) is 0 Å². The molecule has 0 unspecified atom stereocenters. The molecule has 2 heterocycles. The van der Waals surface area contributed by atoms with Crippen LogP contribution in [0.25, 0.3) is 0 Å². The third-order valence-electron chi connectivity index (χ3n) is 2.75. The first-order chi connectivity index (χ1) is 8.56. The van der Waals surface area contributed by atoms with Crippen LogP contribution in [0.1, 0.15) is 21.1 Å². The van der Waals surface area contributed by atoms with Gasteiger partial charge in [0.2, 0.25) is 0 Å². The lowest BCUT2D eigenvalue weighted by atomic mass is 10.2. The van der Waals surface area contributed by atoms with Crippen molar-refractivity contribution in [2.24, 2.45) is 7.05 Å². The van der Waals surface area contributed by atoms with Crippen LogP contribution >= 0.6 is 11.3 Å². The van der Waals surface area contributed by atoms with Crippen LogP contribution in [-0.4, -0.2) is 33.8 Å². The van der Waals surface area contributed by atoms with E-state index >= 15 is 0 Å². The Morgan fingerprint density at radius 2 is 2.33 bits per heavy atom. The number of ketones is 1. The van der Waals surface area contributed by atoms with Crippen LogP contribution in [0.4, 0.5) is 0 Å². The summed E-state index contributed by atoms with van der Waals surface area (Å²) >= 11 is 1.51. The number of carbonyl (C=O) groups excluding carboxylic acids is 1. The van der Waals surface area contributed by atoms with Gasteiger partial charge in [-0.1, -0.05) is 0 Å². The lowest BCUT2D eigenvalue weighted by Gasteiger charge is -2.14.